The highest BCUT2D eigenvalue weighted by molar-refractivity contribution is 5.77. The van der Waals surface area contributed by atoms with Gasteiger partial charge < -0.3 is 20.5 Å². The third-order valence-electron chi connectivity index (χ3n) is 3.55. The molecule has 0 saturated carbocycles. The molecule has 5 heteroatoms. The molecule has 1 aliphatic heterocycles. The Hall–Kier alpha value is -1.59. The van der Waals surface area contributed by atoms with Crippen LogP contribution >= 0.6 is 0 Å². The van der Waals surface area contributed by atoms with E-state index in [0.717, 1.165) is 11.3 Å². The third-order valence-corrected chi connectivity index (χ3v) is 3.55. The first-order chi connectivity index (χ1) is 9.60. The molecular formula is C15H22N2O3. The fourth-order valence-corrected chi connectivity index (χ4v) is 2.51. The Labute approximate surface area is 119 Å². The summed E-state index contributed by atoms with van der Waals surface area (Å²) in [4.78, 5) is 14.0. The van der Waals surface area contributed by atoms with Crippen LogP contribution in [0.1, 0.15) is 18.9 Å². The summed E-state index contributed by atoms with van der Waals surface area (Å²) in [7, 11) is 0. The van der Waals surface area contributed by atoms with Gasteiger partial charge in [-0.1, -0.05) is 18.2 Å². The minimum absolute atomic E-state index is 0.0355. The molecular weight excluding hydrogens is 256 g/mol. The fourth-order valence-electron chi connectivity index (χ4n) is 2.51. The highest BCUT2D eigenvalue weighted by Gasteiger charge is 2.27. The van der Waals surface area contributed by atoms with Gasteiger partial charge in [0.1, 0.15) is 0 Å². The quantitative estimate of drug-likeness (QED) is 0.799. The van der Waals surface area contributed by atoms with Crippen molar-refractivity contribution >= 4 is 11.6 Å². The molecule has 1 aliphatic rings. The molecule has 1 amide bonds. The Kier molecular flexibility index (Phi) is 4.98. The number of rotatable bonds is 4. The number of morpholine rings is 1. The van der Waals surface area contributed by atoms with Crippen molar-refractivity contribution in [2.75, 3.05) is 25.4 Å². The molecule has 1 saturated heterocycles. The first kappa shape index (κ1) is 14.8. The zero-order chi connectivity index (χ0) is 14.5. The van der Waals surface area contributed by atoms with Crippen molar-refractivity contribution in [3.8, 4) is 0 Å². The van der Waals surface area contributed by atoms with E-state index in [2.05, 4.69) is 0 Å². The molecule has 1 aromatic rings. The second kappa shape index (κ2) is 6.72. The van der Waals surface area contributed by atoms with E-state index >= 15 is 0 Å². The number of nitrogens with zero attached hydrogens (tertiary/aromatic N) is 1. The molecule has 1 aromatic carbocycles. The fraction of sp³-hybridized carbons (Fsp3) is 0.533. The topological polar surface area (TPSA) is 75.8 Å². The molecule has 0 bridgehead atoms. The number of carbonyl (C=O) groups is 1. The number of aryl methyl sites for hydroxylation is 1. The molecule has 20 heavy (non-hydrogen) atoms. The van der Waals surface area contributed by atoms with Crippen LogP contribution in [0.2, 0.25) is 0 Å². The highest BCUT2D eigenvalue weighted by atomic mass is 16.5. The summed E-state index contributed by atoms with van der Waals surface area (Å²) in [5.74, 6) is 0.0850. The van der Waals surface area contributed by atoms with Crippen LogP contribution in [-0.2, 0) is 16.0 Å². The van der Waals surface area contributed by atoms with Gasteiger partial charge >= 0.3 is 0 Å². The van der Waals surface area contributed by atoms with Gasteiger partial charge in [-0.3, -0.25) is 4.79 Å². The second-order valence-corrected chi connectivity index (χ2v) is 5.25. The minimum Gasteiger partial charge on any atom is -0.399 e. The summed E-state index contributed by atoms with van der Waals surface area (Å²) < 4.78 is 5.53. The van der Waals surface area contributed by atoms with Crippen LogP contribution in [0.3, 0.4) is 0 Å². The monoisotopic (exact) mass is 278 g/mol. The Morgan fingerprint density at radius 3 is 2.90 bits per heavy atom. The molecule has 1 heterocycles. The van der Waals surface area contributed by atoms with E-state index in [9.17, 15) is 9.90 Å². The van der Waals surface area contributed by atoms with Gasteiger partial charge in [-0.25, -0.2) is 0 Å². The number of aliphatic hydroxyl groups is 1. The van der Waals surface area contributed by atoms with Gasteiger partial charge in [-0.05, 0) is 25.0 Å². The normalized spacial score (nSPS) is 22.8. The molecule has 110 valence electrons. The Morgan fingerprint density at radius 1 is 1.45 bits per heavy atom. The largest absolute Gasteiger partial charge is 0.399 e. The zero-order valence-electron chi connectivity index (χ0n) is 11.8. The zero-order valence-corrected chi connectivity index (χ0v) is 11.8. The number of amides is 1. The number of benzene rings is 1. The molecule has 3 N–H and O–H groups in total. The van der Waals surface area contributed by atoms with E-state index in [1.54, 1.807) is 4.90 Å². The predicted octanol–water partition coefficient (Wildman–Crippen LogP) is 0.810. The first-order valence-electron chi connectivity index (χ1n) is 6.97. The van der Waals surface area contributed by atoms with Gasteiger partial charge in [0, 0.05) is 25.2 Å². The molecule has 2 rings (SSSR count). The van der Waals surface area contributed by atoms with E-state index in [0.29, 0.717) is 25.9 Å². The molecule has 0 radical (unpaired) electrons. The molecule has 2 atom stereocenters. The second-order valence-electron chi connectivity index (χ2n) is 5.25. The van der Waals surface area contributed by atoms with Gasteiger partial charge in [-0.15, -0.1) is 0 Å². The number of hydrogen-bond acceptors (Lipinski definition) is 4. The Balaban J connectivity index is 1.90. The number of aliphatic hydroxyl groups excluding tert-OH is 1. The molecule has 0 aliphatic carbocycles. The van der Waals surface area contributed by atoms with Crippen LogP contribution in [0.5, 0.6) is 0 Å². The number of ether oxygens (including phenoxy) is 1. The van der Waals surface area contributed by atoms with Gasteiger partial charge in [0.15, 0.2) is 0 Å². The van der Waals surface area contributed by atoms with Crippen molar-refractivity contribution in [1.82, 2.24) is 4.90 Å². The van der Waals surface area contributed by atoms with Gasteiger partial charge in [0.25, 0.3) is 0 Å². The lowest BCUT2D eigenvalue weighted by atomic mass is 10.1. The van der Waals surface area contributed by atoms with Crippen LogP contribution in [0.25, 0.3) is 0 Å². The Bertz CT molecular complexity index is 464. The van der Waals surface area contributed by atoms with Gasteiger partial charge in [-0.2, -0.15) is 0 Å². The Morgan fingerprint density at radius 2 is 2.20 bits per heavy atom. The van der Waals surface area contributed by atoms with Crippen LogP contribution in [0.15, 0.2) is 24.3 Å². The lowest BCUT2D eigenvalue weighted by molar-refractivity contribution is -0.147. The molecule has 0 spiro atoms. The molecule has 5 nitrogen and oxygen atoms in total. The number of para-hydroxylation sites is 1. The van der Waals surface area contributed by atoms with Crippen LogP contribution in [0, 0.1) is 0 Å². The standard InChI is InChI=1S/C15H22N2O3/c1-11-8-17(9-13(10-18)20-11)15(19)7-6-12-4-2-3-5-14(12)16/h2-5,11,13,18H,6-10,16H2,1H3. The van der Waals surface area contributed by atoms with Crippen molar-refractivity contribution in [1.29, 1.82) is 0 Å². The number of nitrogen functional groups attached to an aromatic ring is 1. The van der Waals surface area contributed by atoms with Crippen molar-refractivity contribution in [3.63, 3.8) is 0 Å². The van der Waals surface area contributed by atoms with Crippen molar-refractivity contribution < 1.29 is 14.6 Å². The van der Waals surface area contributed by atoms with E-state index in [1.165, 1.54) is 0 Å². The maximum absolute atomic E-state index is 12.2. The van der Waals surface area contributed by atoms with Gasteiger partial charge in [0.2, 0.25) is 5.91 Å². The third kappa shape index (κ3) is 3.71. The van der Waals surface area contributed by atoms with E-state index in [-0.39, 0.29) is 24.7 Å². The van der Waals surface area contributed by atoms with Crippen LogP contribution in [-0.4, -0.2) is 47.8 Å². The average molecular weight is 278 g/mol. The number of anilines is 1. The number of nitrogens with two attached hydrogens (primary N) is 1. The van der Waals surface area contributed by atoms with Crippen molar-refractivity contribution in [2.24, 2.45) is 0 Å². The summed E-state index contributed by atoms with van der Waals surface area (Å²) in [5.41, 5.74) is 7.60. The van der Waals surface area contributed by atoms with Crippen molar-refractivity contribution in [2.45, 2.75) is 32.0 Å². The maximum Gasteiger partial charge on any atom is 0.223 e. The summed E-state index contributed by atoms with van der Waals surface area (Å²) in [6.45, 7) is 2.90. The maximum atomic E-state index is 12.2. The smallest absolute Gasteiger partial charge is 0.223 e. The molecule has 2 unspecified atom stereocenters. The summed E-state index contributed by atoms with van der Waals surface area (Å²) in [6.07, 6.45) is 0.760. The van der Waals surface area contributed by atoms with E-state index < -0.39 is 0 Å². The summed E-state index contributed by atoms with van der Waals surface area (Å²) in [5, 5.41) is 9.17. The van der Waals surface area contributed by atoms with Crippen LogP contribution in [0.4, 0.5) is 5.69 Å². The minimum atomic E-state index is -0.274. The summed E-state index contributed by atoms with van der Waals surface area (Å²) in [6, 6.07) is 7.60. The average Bonchev–Trinajstić information content (AvgIpc) is 2.45. The number of hydrogen-bond donors (Lipinski definition) is 2. The van der Waals surface area contributed by atoms with Gasteiger partial charge in [0.05, 0.1) is 18.8 Å². The SMILES string of the molecule is CC1CN(C(=O)CCc2ccccc2N)CC(CO)O1. The number of carbonyl (C=O) groups excluding carboxylic acids is 1. The van der Waals surface area contributed by atoms with E-state index in [1.807, 2.05) is 31.2 Å². The highest BCUT2D eigenvalue weighted by Crippen LogP contribution is 2.16. The lowest BCUT2D eigenvalue weighted by Gasteiger charge is -2.36. The first-order valence-corrected chi connectivity index (χ1v) is 6.97. The summed E-state index contributed by atoms with van der Waals surface area (Å²) >= 11 is 0. The lowest BCUT2D eigenvalue weighted by Crippen LogP contribution is -2.50. The molecule has 0 aromatic heterocycles. The molecule has 1 fully saturated rings. The van der Waals surface area contributed by atoms with E-state index in [4.69, 9.17) is 10.5 Å². The predicted molar refractivity (Wildman–Crippen MR) is 77.2 cm³/mol. The van der Waals surface area contributed by atoms with Crippen LogP contribution < -0.4 is 5.73 Å². The van der Waals surface area contributed by atoms with Crippen molar-refractivity contribution in [3.05, 3.63) is 29.8 Å².